The minimum Gasteiger partial charge on any atom is -0.378 e. The van der Waals surface area contributed by atoms with Gasteiger partial charge >= 0.3 is 6.18 Å². The van der Waals surface area contributed by atoms with Gasteiger partial charge in [0.25, 0.3) is 0 Å². The van der Waals surface area contributed by atoms with Gasteiger partial charge in [-0.1, -0.05) is 12.1 Å². The molecule has 1 aliphatic heterocycles. The Morgan fingerprint density at radius 1 is 1.11 bits per heavy atom. The van der Waals surface area contributed by atoms with Crippen molar-refractivity contribution in [2.45, 2.75) is 12.7 Å². The average Bonchev–Trinajstić information content (AvgIpc) is 2.68. The molecule has 0 aromatic heterocycles. The molecular formula is C20H20F3N3O. The van der Waals surface area contributed by atoms with Crippen LogP contribution in [0.2, 0.25) is 0 Å². The summed E-state index contributed by atoms with van der Waals surface area (Å²) in [6.07, 6.45) is -4.46. The van der Waals surface area contributed by atoms with Crippen LogP contribution in [0.1, 0.15) is 16.7 Å². The molecule has 0 atom stereocenters. The lowest BCUT2D eigenvalue weighted by Crippen LogP contribution is -2.36. The van der Waals surface area contributed by atoms with Crippen LogP contribution in [0.3, 0.4) is 0 Å². The third-order valence-corrected chi connectivity index (χ3v) is 4.59. The number of alkyl halides is 3. The van der Waals surface area contributed by atoms with E-state index in [1.54, 1.807) is 11.9 Å². The summed E-state index contributed by atoms with van der Waals surface area (Å²) in [5.74, 6) is 0. The molecule has 2 aromatic rings. The molecule has 3 rings (SSSR count). The number of rotatable bonds is 4. The first-order valence-corrected chi connectivity index (χ1v) is 8.62. The molecule has 0 amide bonds. The van der Waals surface area contributed by atoms with Gasteiger partial charge in [0.2, 0.25) is 0 Å². The largest absolute Gasteiger partial charge is 0.416 e. The second-order valence-electron chi connectivity index (χ2n) is 6.46. The molecule has 142 valence electrons. The molecule has 7 heteroatoms. The summed E-state index contributed by atoms with van der Waals surface area (Å²) in [7, 11) is 1.76. The van der Waals surface area contributed by atoms with E-state index in [1.165, 1.54) is 6.07 Å². The highest BCUT2D eigenvalue weighted by Gasteiger charge is 2.31. The summed E-state index contributed by atoms with van der Waals surface area (Å²) in [5, 5.41) is 9.24. The number of hydrogen-bond donors (Lipinski definition) is 0. The van der Waals surface area contributed by atoms with Crippen molar-refractivity contribution in [1.29, 1.82) is 5.26 Å². The van der Waals surface area contributed by atoms with Gasteiger partial charge < -0.3 is 14.5 Å². The van der Waals surface area contributed by atoms with Crippen LogP contribution in [0.4, 0.5) is 24.5 Å². The first kappa shape index (κ1) is 19.1. The van der Waals surface area contributed by atoms with E-state index in [4.69, 9.17) is 4.74 Å². The van der Waals surface area contributed by atoms with Crippen LogP contribution in [0.15, 0.2) is 42.5 Å². The minimum absolute atomic E-state index is 0.0114. The van der Waals surface area contributed by atoms with E-state index in [2.05, 4.69) is 4.90 Å². The van der Waals surface area contributed by atoms with Gasteiger partial charge in [0.05, 0.1) is 30.0 Å². The smallest absolute Gasteiger partial charge is 0.378 e. The van der Waals surface area contributed by atoms with E-state index in [0.29, 0.717) is 12.2 Å². The van der Waals surface area contributed by atoms with Gasteiger partial charge in [-0.2, -0.15) is 18.4 Å². The highest BCUT2D eigenvalue weighted by Crippen LogP contribution is 2.32. The summed E-state index contributed by atoms with van der Waals surface area (Å²) in [6.45, 7) is 3.64. The SMILES string of the molecule is CN(Cc1ccc(N2CCOCC2)cc1)c1ccc(C(F)(F)F)cc1C#N. The van der Waals surface area contributed by atoms with E-state index in [1.807, 2.05) is 30.3 Å². The number of benzene rings is 2. The number of ether oxygens (including phenoxy) is 1. The van der Waals surface area contributed by atoms with E-state index in [-0.39, 0.29) is 5.56 Å². The molecule has 0 saturated carbocycles. The van der Waals surface area contributed by atoms with Crippen molar-refractivity contribution in [2.75, 3.05) is 43.2 Å². The van der Waals surface area contributed by atoms with Crippen LogP contribution in [-0.4, -0.2) is 33.4 Å². The van der Waals surface area contributed by atoms with Crippen molar-refractivity contribution in [3.63, 3.8) is 0 Å². The molecule has 1 fully saturated rings. The Bertz CT molecular complexity index is 822. The summed E-state index contributed by atoms with van der Waals surface area (Å²) in [5.41, 5.74) is 1.81. The van der Waals surface area contributed by atoms with Crippen LogP contribution in [0.5, 0.6) is 0 Å². The zero-order chi connectivity index (χ0) is 19.4. The fourth-order valence-corrected chi connectivity index (χ4v) is 3.13. The number of nitriles is 1. The van der Waals surface area contributed by atoms with Crippen LogP contribution >= 0.6 is 0 Å². The van der Waals surface area contributed by atoms with Crippen molar-refractivity contribution in [2.24, 2.45) is 0 Å². The van der Waals surface area contributed by atoms with E-state index in [9.17, 15) is 18.4 Å². The minimum atomic E-state index is -4.46. The van der Waals surface area contributed by atoms with Crippen molar-refractivity contribution < 1.29 is 17.9 Å². The lowest BCUT2D eigenvalue weighted by Gasteiger charge is -2.29. The zero-order valence-corrected chi connectivity index (χ0v) is 15.0. The topological polar surface area (TPSA) is 39.5 Å². The normalized spacial score (nSPS) is 14.7. The number of nitrogens with zero attached hydrogens (tertiary/aromatic N) is 3. The summed E-state index contributed by atoms with van der Waals surface area (Å²) >= 11 is 0. The third-order valence-electron chi connectivity index (χ3n) is 4.59. The second kappa shape index (κ2) is 7.89. The standard InChI is InChI=1S/C20H20F3N3O/c1-25(19-7-4-17(20(21,22)23)12-16(19)13-24)14-15-2-5-18(6-3-15)26-8-10-27-11-9-26/h2-7,12H,8-11,14H2,1H3. The third kappa shape index (κ3) is 4.52. The molecule has 0 N–H and O–H groups in total. The van der Waals surface area contributed by atoms with Crippen molar-refractivity contribution in [3.8, 4) is 6.07 Å². The average molecular weight is 375 g/mol. The Balaban J connectivity index is 1.73. The molecule has 4 nitrogen and oxygen atoms in total. The Morgan fingerprint density at radius 2 is 1.78 bits per heavy atom. The molecule has 1 aliphatic rings. The fraction of sp³-hybridized carbons (Fsp3) is 0.350. The molecule has 0 spiro atoms. The Labute approximate surface area is 156 Å². The molecule has 1 heterocycles. The molecule has 0 radical (unpaired) electrons. The number of hydrogen-bond acceptors (Lipinski definition) is 4. The predicted octanol–water partition coefficient (Wildman–Crippen LogP) is 4.05. The number of halogens is 3. The van der Waals surface area contributed by atoms with E-state index < -0.39 is 11.7 Å². The van der Waals surface area contributed by atoms with Gasteiger partial charge in [0.1, 0.15) is 6.07 Å². The van der Waals surface area contributed by atoms with Gasteiger partial charge in [0.15, 0.2) is 0 Å². The van der Waals surface area contributed by atoms with E-state index >= 15 is 0 Å². The molecule has 0 aliphatic carbocycles. The Hall–Kier alpha value is -2.72. The Morgan fingerprint density at radius 3 is 2.37 bits per heavy atom. The molecule has 0 unspecified atom stereocenters. The van der Waals surface area contributed by atoms with Crippen LogP contribution in [0.25, 0.3) is 0 Å². The second-order valence-corrected chi connectivity index (χ2v) is 6.46. The van der Waals surface area contributed by atoms with Crippen LogP contribution in [0, 0.1) is 11.3 Å². The molecular weight excluding hydrogens is 355 g/mol. The van der Waals surface area contributed by atoms with Crippen molar-refractivity contribution >= 4 is 11.4 Å². The van der Waals surface area contributed by atoms with Gasteiger partial charge in [-0.05, 0) is 35.9 Å². The monoisotopic (exact) mass is 375 g/mol. The fourth-order valence-electron chi connectivity index (χ4n) is 3.13. The molecule has 1 saturated heterocycles. The van der Waals surface area contributed by atoms with Crippen LogP contribution in [-0.2, 0) is 17.5 Å². The molecule has 0 bridgehead atoms. The van der Waals surface area contributed by atoms with Crippen molar-refractivity contribution in [3.05, 3.63) is 59.2 Å². The van der Waals surface area contributed by atoms with Gasteiger partial charge in [-0.15, -0.1) is 0 Å². The number of morpholine rings is 1. The Kier molecular flexibility index (Phi) is 5.57. The van der Waals surface area contributed by atoms with Gasteiger partial charge in [-0.3, -0.25) is 0 Å². The first-order chi connectivity index (χ1) is 12.9. The lowest BCUT2D eigenvalue weighted by molar-refractivity contribution is -0.137. The lowest BCUT2D eigenvalue weighted by atomic mass is 10.1. The maximum atomic E-state index is 12.8. The maximum absolute atomic E-state index is 12.8. The summed E-state index contributed by atoms with van der Waals surface area (Å²) in [4.78, 5) is 4.03. The summed E-state index contributed by atoms with van der Waals surface area (Å²) < 4.78 is 43.9. The first-order valence-electron chi connectivity index (χ1n) is 8.62. The highest BCUT2D eigenvalue weighted by molar-refractivity contribution is 5.60. The molecule has 2 aromatic carbocycles. The zero-order valence-electron chi connectivity index (χ0n) is 15.0. The summed E-state index contributed by atoms with van der Waals surface area (Å²) in [6, 6.07) is 13.2. The maximum Gasteiger partial charge on any atom is 0.416 e. The van der Waals surface area contributed by atoms with E-state index in [0.717, 1.165) is 49.7 Å². The van der Waals surface area contributed by atoms with Gasteiger partial charge in [0, 0.05) is 32.4 Å². The molecule has 27 heavy (non-hydrogen) atoms. The quantitative estimate of drug-likeness (QED) is 0.808. The highest BCUT2D eigenvalue weighted by atomic mass is 19.4. The van der Waals surface area contributed by atoms with Crippen molar-refractivity contribution in [1.82, 2.24) is 0 Å². The number of anilines is 2. The predicted molar refractivity (Wildman–Crippen MR) is 97.7 cm³/mol. The van der Waals surface area contributed by atoms with Gasteiger partial charge in [-0.25, -0.2) is 0 Å². The van der Waals surface area contributed by atoms with Crippen LogP contribution < -0.4 is 9.80 Å².